The zero-order chi connectivity index (χ0) is 25.5. The topological polar surface area (TPSA) is 87.1 Å². The SMILES string of the molecule is Brc1ccccc1CO[C@@H]1C2CCN(CC2)[C@@H]1C(c1ccccc1)c1ccccc1.O=C(O)C(=O)O. The quantitative estimate of drug-likeness (QED) is 0.398. The van der Waals surface area contributed by atoms with Crippen LogP contribution in [-0.2, 0) is 20.9 Å². The second-order valence-electron chi connectivity index (χ2n) is 9.14. The lowest BCUT2D eigenvalue weighted by atomic mass is 9.72. The second kappa shape index (κ2) is 12.3. The first-order chi connectivity index (χ1) is 17.5. The van der Waals surface area contributed by atoms with Crippen LogP contribution < -0.4 is 0 Å². The Bertz CT molecular complexity index is 1100. The first kappa shape index (κ1) is 26.1. The van der Waals surface area contributed by atoms with Crippen LogP contribution in [0.5, 0.6) is 0 Å². The summed E-state index contributed by atoms with van der Waals surface area (Å²) in [6, 6.07) is 30.8. The highest BCUT2D eigenvalue weighted by Crippen LogP contribution is 2.43. The normalized spacial score (nSPS) is 22.5. The predicted octanol–water partition coefficient (Wildman–Crippen LogP) is 5.42. The third-order valence-electron chi connectivity index (χ3n) is 7.03. The number of benzene rings is 3. The van der Waals surface area contributed by atoms with Crippen LogP contribution in [0.25, 0.3) is 0 Å². The van der Waals surface area contributed by atoms with Gasteiger partial charge in [-0.25, -0.2) is 9.59 Å². The lowest BCUT2D eigenvalue weighted by Crippen LogP contribution is -2.60. The number of ether oxygens (including phenoxy) is 1. The molecule has 0 aliphatic carbocycles. The predicted molar refractivity (Wildman–Crippen MR) is 141 cm³/mol. The second-order valence-corrected chi connectivity index (χ2v) is 9.99. The van der Waals surface area contributed by atoms with Crippen molar-refractivity contribution in [1.82, 2.24) is 4.90 Å². The fourth-order valence-electron chi connectivity index (χ4n) is 5.38. The average Bonchev–Trinajstić information content (AvgIpc) is 2.91. The van der Waals surface area contributed by atoms with E-state index >= 15 is 0 Å². The van der Waals surface area contributed by atoms with E-state index in [0.717, 1.165) is 4.47 Å². The summed E-state index contributed by atoms with van der Waals surface area (Å²) in [6.07, 6.45) is 2.73. The number of carboxylic acid groups (broad SMARTS) is 2. The number of fused-ring (bicyclic) bond motifs is 3. The van der Waals surface area contributed by atoms with Crippen molar-refractivity contribution in [3.63, 3.8) is 0 Å². The number of piperidine rings is 3. The molecular weight excluding hydrogens is 522 g/mol. The highest BCUT2D eigenvalue weighted by molar-refractivity contribution is 9.10. The summed E-state index contributed by atoms with van der Waals surface area (Å²) in [6.45, 7) is 3.02. The van der Waals surface area contributed by atoms with Gasteiger partial charge in [-0.1, -0.05) is 94.8 Å². The van der Waals surface area contributed by atoms with E-state index in [1.807, 2.05) is 0 Å². The van der Waals surface area contributed by atoms with E-state index in [0.29, 0.717) is 24.5 Å². The van der Waals surface area contributed by atoms with Gasteiger partial charge in [-0.3, -0.25) is 4.90 Å². The molecule has 2 bridgehead atoms. The summed E-state index contributed by atoms with van der Waals surface area (Å²) in [5.74, 6) is -2.69. The van der Waals surface area contributed by atoms with E-state index in [1.165, 1.54) is 42.6 Å². The Balaban J connectivity index is 0.000000455. The minimum absolute atomic E-state index is 0.241. The van der Waals surface area contributed by atoms with Crippen LogP contribution in [0.4, 0.5) is 0 Å². The summed E-state index contributed by atoms with van der Waals surface area (Å²) in [4.78, 5) is 20.9. The molecule has 3 fully saturated rings. The van der Waals surface area contributed by atoms with Crippen molar-refractivity contribution in [3.8, 4) is 0 Å². The molecule has 3 aromatic carbocycles. The largest absolute Gasteiger partial charge is 0.473 e. The maximum Gasteiger partial charge on any atom is 0.414 e. The smallest absolute Gasteiger partial charge is 0.414 e. The Morgan fingerprint density at radius 2 is 1.33 bits per heavy atom. The van der Waals surface area contributed by atoms with Crippen molar-refractivity contribution in [2.45, 2.75) is 37.5 Å². The summed E-state index contributed by atoms with van der Waals surface area (Å²) in [7, 11) is 0. The van der Waals surface area contributed by atoms with Crippen LogP contribution >= 0.6 is 15.9 Å². The Hall–Kier alpha value is -3.00. The molecule has 2 N–H and O–H groups in total. The maximum atomic E-state index is 9.10. The zero-order valence-electron chi connectivity index (χ0n) is 19.9. The van der Waals surface area contributed by atoms with E-state index in [2.05, 4.69) is 106 Å². The molecule has 3 saturated heterocycles. The molecule has 3 heterocycles. The number of nitrogens with zero attached hydrogens (tertiary/aromatic N) is 1. The van der Waals surface area contributed by atoms with E-state index in [1.54, 1.807) is 0 Å². The number of carbonyl (C=O) groups is 2. The molecule has 188 valence electrons. The lowest BCUT2D eigenvalue weighted by molar-refractivity contribution is -0.159. The Labute approximate surface area is 219 Å². The standard InChI is InChI=1S/C27H28BrNO.C2H2O4/c28-24-14-8-7-13-23(24)19-30-27-22-15-17-29(18-16-22)26(27)25(20-9-3-1-4-10-20)21-11-5-2-6-12-21;3-1(4)2(5)6/h1-14,22,25-27H,15-19H2;(H,3,4)(H,5,6)/t26-,27-;/m1./s1. The van der Waals surface area contributed by atoms with Crippen molar-refractivity contribution in [2.24, 2.45) is 5.92 Å². The fourth-order valence-corrected chi connectivity index (χ4v) is 5.78. The molecule has 6 nitrogen and oxygen atoms in total. The first-order valence-electron chi connectivity index (χ1n) is 12.1. The molecule has 0 aromatic heterocycles. The fraction of sp³-hybridized carbons (Fsp3) is 0.310. The molecule has 6 rings (SSSR count). The number of carboxylic acids is 2. The summed E-state index contributed by atoms with van der Waals surface area (Å²) in [5, 5.41) is 14.8. The lowest BCUT2D eigenvalue weighted by Gasteiger charge is -2.53. The monoisotopic (exact) mass is 551 g/mol. The molecule has 3 aliphatic heterocycles. The number of halogens is 1. The van der Waals surface area contributed by atoms with Gasteiger partial charge in [-0.15, -0.1) is 0 Å². The van der Waals surface area contributed by atoms with Crippen molar-refractivity contribution < 1.29 is 24.5 Å². The van der Waals surface area contributed by atoms with Gasteiger partial charge < -0.3 is 14.9 Å². The molecule has 0 amide bonds. The third kappa shape index (κ3) is 6.22. The van der Waals surface area contributed by atoms with Crippen LogP contribution in [0.2, 0.25) is 0 Å². The van der Waals surface area contributed by atoms with Gasteiger partial charge in [0.1, 0.15) is 0 Å². The molecule has 0 saturated carbocycles. The molecule has 3 aromatic rings. The molecule has 0 radical (unpaired) electrons. The third-order valence-corrected chi connectivity index (χ3v) is 7.80. The van der Waals surface area contributed by atoms with Gasteiger partial charge in [0.25, 0.3) is 0 Å². The molecule has 0 unspecified atom stereocenters. The molecule has 0 spiro atoms. The number of hydrogen-bond acceptors (Lipinski definition) is 4. The molecule has 36 heavy (non-hydrogen) atoms. The highest BCUT2D eigenvalue weighted by atomic mass is 79.9. The Morgan fingerprint density at radius 3 is 1.83 bits per heavy atom. The summed E-state index contributed by atoms with van der Waals surface area (Å²) >= 11 is 3.69. The Kier molecular flexibility index (Phi) is 8.91. The first-order valence-corrected chi connectivity index (χ1v) is 12.9. The van der Waals surface area contributed by atoms with Crippen LogP contribution in [0.15, 0.2) is 89.4 Å². The van der Waals surface area contributed by atoms with E-state index in [4.69, 9.17) is 24.5 Å². The number of aliphatic carboxylic acids is 2. The van der Waals surface area contributed by atoms with Crippen molar-refractivity contribution in [2.75, 3.05) is 13.1 Å². The zero-order valence-corrected chi connectivity index (χ0v) is 21.5. The Morgan fingerprint density at radius 1 is 0.833 bits per heavy atom. The molecule has 3 aliphatic rings. The van der Waals surface area contributed by atoms with Crippen molar-refractivity contribution in [3.05, 3.63) is 106 Å². The van der Waals surface area contributed by atoms with Gasteiger partial charge in [0.2, 0.25) is 0 Å². The summed E-state index contributed by atoms with van der Waals surface area (Å²) in [5.41, 5.74) is 4.00. The summed E-state index contributed by atoms with van der Waals surface area (Å²) < 4.78 is 7.88. The van der Waals surface area contributed by atoms with Crippen LogP contribution in [0.1, 0.15) is 35.4 Å². The van der Waals surface area contributed by atoms with Crippen LogP contribution in [0, 0.1) is 5.92 Å². The van der Waals surface area contributed by atoms with E-state index < -0.39 is 11.9 Å². The minimum Gasteiger partial charge on any atom is -0.473 e. The van der Waals surface area contributed by atoms with E-state index in [9.17, 15) is 0 Å². The van der Waals surface area contributed by atoms with E-state index in [-0.39, 0.29) is 6.10 Å². The van der Waals surface area contributed by atoms with Gasteiger partial charge in [0.15, 0.2) is 0 Å². The average molecular weight is 552 g/mol. The maximum absolute atomic E-state index is 9.10. The van der Waals surface area contributed by atoms with Gasteiger partial charge in [-0.2, -0.15) is 0 Å². The van der Waals surface area contributed by atoms with Crippen LogP contribution in [0.3, 0.4) is 0 Å². The van der Waals surface area contributed by atoms with Crippen molar-refractivity contribution >= 4 is 27.9 Å². The van der Waals surface area contributed by atoms with Gasteiger partial charge in [-0.05, 0) is 54.6 Å². The highest BCUT2D eigenvalue weighted by Gasteiger charge is 2.47. The van der Waals surface area contributed by atoms with Crippen LogP contribution in [-0.4, -0.2) is 52.3 Å². The van der Waals surface area contributed by atoms with Gasteiger partial charge in [0, 0.05) is 16.4 Å². The van der Waals surface area contributed by atoms with Crippen molar-refractivity contribution in [1.29, 1.82) is 0 Å². The minimum atomic E-state index is -1.82. The van der Waals surface area contributed by atoms with Gasteiger partial charge >= 0.3 is 11.9 Å². The molecule has 2 atom stereocenters. The number of rotatable bonds is 6. The molecule has 7 heteroatoms. The molecular formula is C29H30BrNO5. The van der Waals surface area contributed by atoms with Gasteiger partial charge in [0.05, 0.1) is 12.7 Å². The number of hydrogen-bond donors (Lipinski definition) is 2.